The molecule has 0 heterocycles. The summed E-state index contributed by atoms with van der Waals surface area (Å²) in [7, 11) is 1.56. The molecule has 1 aromatic rings. The fourth-order valence-electron chi connectivity index (χ4n) is 1.55. The zero-order valence-corrected chi connectivity index (χ0v) is 11.9. The molecule has 1 atom stereocenters. The van der Waals surface area contributed by atoms with Gasteiger partial charge in [-0.05, 0) is 42.7 Å². The predicted octanol–water partition coefficient (Wildman–Crippen LogP) is 0.866. The Kier molecular flexibility index (Phi) is 6.21. The number of hydrogen-bond donors (Lipinski definition) is 3. The first kappa shape index (κ1) is 15.4. The van der Waals surface area contributed by atoms with E-state index in [0.29, 0.717) is 17.7 Å². The summed E-state index contributed by atoms with van der Waals surface area (Å²) in [5.41, 5.74) is 6.66. The molecule has 1 unspecified atom stereocenters. The van der Waals surface area contributed by atoms with Crippen LogP contribution >= 0.6 is 11.8 Å². The van der Waals surface area contributed by atoms with Gasteiger partial charge in [0.25, 0.3) is 5.91 Å². The highest BCUT2D eigenvalue weighted by atomic mass is 32.2. The predicted molar refractivity (Wildman–Crippen MR) is 79.2 cm³/mol. The van der Waals surface area contributed by atoms with Gasteiger partial charge < -0.3 is 16.4 Å². The van der Waals surface area contributed by atoms with E-state index in [9.17, 15) is 9.59 Å². The van der Waals surface area contributed by atoms with E-state index >= 15 is 0 Å². The topological polar surface area (TPSA) is 84.2 Å². The van der Waals surface area contributed by atoms with E-state index in [4.69, 9.17) is 5.73 Å². The van der Waals surface area contributed by atoms with Gasteiger partial charge in [-0.15, -0.1) is 0 Å². The molecule has 0 aliphatic rings. The number of benzene rings is 1. The van der Waals surface area contributed by atoms with E-state index in [1.807, 2.05) is 6.26 Å². The summed E-state index contributed by atoms with van der Waals surface area (Å²) in [6.45, 7) is 0. The lowest BCUT2D eigenvalue weighted by atomic mass is 10.1. The summed E-state index contributed by atoms with van der Waals surface area (Å²) in [5, 5.41) is 5.29. The molecule has 0 aromatic heterocycles. The molecule has 0 radical (unpaired) electrons. The van der Waals surface area contributed by atoms with Gasteiger partial charge in [0.15, 0.2) is 0 Å². The first-order valence-corrected chi connectivity index (χ1v) is 7.34. The quantitative estimate of drug-likeness (QED) is 0.675. The van der Waals surface area contributed by atoms with Gasteiger partial charge in [-0.3, -0.25) is 9.59 Å². The molecule has 6 heteroatoms. The van der Waals surface area contributed by atoms with Crippen LogP contribution in [-0.2, 0) is 4.79 Å². The number of carbonyl (C=O) groups excluding carboxylic acids is 2. The van der Waals surface area contributed by atoms with E-state index < -0.39 is 6.04 Å². The molecular formula is C13H19N3O2S. The van der Waals surface area contributed by atoms with Crippen LogP contribution in [0.3, 0.4) is 0 Å². The molecule has 0 spiro atoms. The summed E-state index contributed by atoms with van der Waals surface area (Å²) in [6, 6.07) is 6.08. The summed E-state index contributed by atoms with van der Waals surface area (Å²) in [6.07, 6.45) is 2.56. The first-order chi connectivity index (χ1) is 9.08. The van der Waals surface area contributed by atoms with E-state index in [-0.39, 0.29) is 11.8 Å². The number of thioether (sulfide) groups is 1. The van der Waals surface area contributed by atoms with Gasteiger partial charge in [0.2, 0.25) is 5.91 Å². The van der Waals surface area contributed by atoms with E-state index in [2.05, 4.69) is 10.6 Å². The van der Waals surface area contributed by atoms with Gasteiger partial charge in [0.1, 0.15) is 6.04 Å². The van der Waals surface area contributed by atoms with Gasteiger partial charge >= 0.3 is 0 Å². The molecule has 0 aliphatic heterocycles. The van der Waals surface area contributed by atoms with Crippen molar-refractivity contribution in [3.8, 4) is 0 Å². The smallest absolute Gasteiger partial charge is 0.251 e. The van der Waals surface area contributed by atoms with Gasteiger partial charge in [-0.2, -0.15) is 11.8 Å². The van der Waals surface area contributed by atoms with Crippen molar-refractivity contribution in [3.05, 3.63) is 29.8 Å². The van der Waals surface area contributed by atoms with E-state index in [0.717, 1.165) is 5.75 Å². The lowest BCUT2D eigenvalue weighted by Gasteiger charge is -2.16. The van der Waals surface area contributed by atoms with Crippen LogP contribution in [0.5, 0.6) is 0 Å². The van der Waals surface area contributed by atoms with Crippen LogP contribution in [0.1, 0.15) is 16.8 Å². The minimum absolute atomic E-state index is 0.183. The van der Waals surface area contributed by atoms with Gasteiger partial charge in [0, 0.05) is 18.3 Å². The maximum Gasteiger partial charge on any atom is 0.251 e. The summed E-state index contributed by atoms with van der Waals surface area (Å²) >= 11 is 1.63. The van der Waals surface area contributed by atoms with Crippen LogP contribution in [0.25, 0.3) is 0 Å². The number of hydrogen-bond acceptors (Lipinski definition) is 4. The number of rotatable bonds is 6. The number of carbonyl (C=O) groups is 2. The zero-order valence-electron chi connectivity index (χ0n) is 11.1. The molecule has 1 aromatic carbocycles. The summed E-state index contributed by atoms with van der Waals surface area (Å²) in [4.78, 5) is 23.7. The second-order valence-electron chi connectivity index (χ2n) is 4.04. The van der Waals surface area contributed by atoms with Gasteiger partial charge in [-0.25, -0.2) is 0 Å². The molecule has 0 bridgehead atoms. The second-order valence-corrected chi connectivity index (χ2v) is 5.03. The van der Waals surface area contributed by atoms with Crippen LogP contribution in [-0.4, -0.2) is 36.9 Å². The van der Waals surface area contributed by atoms with Gasteiger partial charge in [0.05, 0.1) is 0 Å². The Balaban J connectivity index is 2.69. The normalized spacial score (nSPS) is 11.7. The van der Waals surface area contributed by atoms with Crippen LogP contribution < -0.4 is 16.4 Å². The molecule has 19 heavy (non-hydrogen) atoms. The number of nitrogens with one attached hydrogen (secondary N) is 2. The Labute approximate surface area is 117 Å². The third kappa shape index (κ3) is 4.82. The fraction of sp³-hybridized carbons (Fsp3) is 0.385. The number of nitrogen functional groups attached to an aromatic ring is 1. The Bertz CT molecular complexity index is 434. The Morgan fingerprint density at radius 1 is 1.32 bits per heavy atom. The van der Waals surface area contributed by atoms with E-state index in [1.54, 1.807) is 43.1 Å². The average Bonchev–Trinajstić information content (AvgIpc) is 2.43. The maximum atomic E-state index is 12.0. The lowest BCUT2D eigenvalue weighted by Crippen LogP contribution is -2.46. The van der Waals surface area contributed by atoms with Crippen LogP contribution in [0, 0.1) is 0 Å². The molecule has 2 amide bonds. The van der Waals surface area contributed by atoms with Crippen molar-refractivity contribution in [1.29, 1.82) is 0 Å². The molecule has 4 N–H and O–H groups in total. The minimum atomic E-state index is -0.512. The lowest BCUT2D eigenvalue weighted by molar-refractivity contribution is -0.122. The maximum absolute atomic E-state index is 12.0. The highest BCUT2D eigenvalue weighted by molar-refractivity contribution is 7.98. The molecule has 104 valence electrons. The number of amides is 2. The summed E-state index contributed by atoms with van der Waals surface area (Å²) in [5.74, 6) is 0.354. The number of nitrogens with two attached hydrogens (primary N) is 1. The molecular weight excluding hydrogens is 262 g/mol. The zero-order chi connectivity index (χ0) is 14.3. The molecule has 0 aliphatic carbocycles. The van der Waals surface area contributed by atoms with Crippen molar-refractivity contribution in [2.45, 2.75) is 12.5 Å². The Morgan fingerprint density at radius 2 is 1.95 bits per heavy atom. The highest BCUT2D eigenvalue weighted by Gasteiger charge is 2.19. The molecule has 0 saturated heterocycles. The molecule has 0 saturated carbocycles. The SMILES string of the molecule is CNC(=O)C(CCSC)NC(=O)c1ccc(N)cc1. The van der Waals surface area contributed by atoms with Crippen molar-refractivity contribution >= 4 is 29.3 Å². The van der Waals surface area contributed by atoms with Gasteiger partial charge in [-0.1, -0.05) is 0 Å². The number of likely N-dealkylation sites (N-methyl/N-ethyl adjacent to an activating group) is 1. The van der Waals surface area contributed by atoms with Crippen molar-refractivity contribution < 1.29 is 9.59 Å². The minimum Gasteiger partial charge on any atom is -0.399 e. The van der Waals surface area contributed by atoms with Crippen LogP contribution in [0.4, 0.5) is 5.69 Å². The van der Waals surface area contributed by atoms with Crippen molar-refractivity contribution in [2.24, 2.45) is 0 Å². The van der Waals surface area contributed by atoms with Crippen LogP contribution in [0.2, 0.25) is 0 Å². The second kappa shape index (κ2) is 7.68. The standard InChI is InChI=1S/C13H19N3O2S/c1-15-13(18)11(7-8-19-2)16-12(17)9-3-5-10(14)6-4-9/h3-6,11H,7-8,14H2,1-2H3,(H,15,18)(H,16,17). The fourth-order valence-corrected chi connectivity index (χ4v) is 2.03. The number of anilines is 1. The highest BCUT2D eigenvalue weighted by Crippen LogP contribution is 2.07. The molecule has 0 fully saturated rings. The third-order valence-electron chi connectivity index (χ3n) is 2.65. The van der Waals surface area contributed by atoms with Crippen molar-refractivity contribution in [1.82, 2.24) is 10.6 Å². The van der Waals surface area contributed by atoms with Crippen LogP contribution in [0.15, 0.2) is 24.3 Å². The molecule has 5 nitrogen and oxygen atoms in total. The van der Waals surface area contributed by atoms with Crippen molar-refractivity contribution in [2.75, 3.05) is 24.8 Å². The van der Waals surface area contributed by atoms with E-state index in [1.165, 1.54) is 0 Å². The third-order valence-corrected chi connectivity index (χ3v) is 3.30. The Morgan fingerprint density at radius 3 is 2.47 bits per heavy atom. The average molecular weight is 281 g/mol. The largest absolute Gasteiger partial charge is 0.399 e. The first-order valence-electron chi connectivity index (χ1n) is 5.95. The Hall–Kier alpha value is -1.69. The summed E-state index contributed by atoms with van der Waals surface area (Å²) < 4.78 is 0. The van der Waals surface area contributed by atoms with Crippen molar-refractivity contribution in [3.63, 3.8) is 0 Å². The molecule has 1 rings (SSSR count). The monoisotopic (exact) mass is 281 g/mol.